The highest BCUT2D eigenvalue weighted by atomic mass is 32.1. The summed E-state index contributed by atoms with van der Waals surface area (Å²) in [4.78, 5) is 23.2. The molecule has 0 bridgehead atoms. The lowest BCUT2D eigenvalue weighted by Gasteiger charge is -2.17. The van der Waals surface area contributed by atoms with Crippen molar-refractivity contribution < 1.29 is 14.7 Å². The number of amides is 1. The van der Waals surface area contributed by atoms with Crippen molar-refractivity contribution in [3.8, 4) is 6.07 Å². The third kappa shape index (κ3) is 3.17. The molecule has 1 aromatic rings. The van der Waals surface area contributed by atoms with Crippen molar-refractivity contribution in [3.05, 3.63) is 16.0 Å². The molecule has 2 rings (SSSR count). The number of nitriles is 1. The average molecular weight is 291 g/mol. The van der Waals surface area contributed by atoms with Gasteiger partial charge in [-0.3, -0.25) is 4.79 Å². The van der Waals surface area contributed by atoms with Crippen LogP contribution in [0.5, 0.6) is 0 Å². The molecule has 1 aromatic heterocycles. The lowest BCUT2D eigenvalue weighted by molar-refractivity contribution is -0.305. The Morgan fingerprint density at radius 3 is 2.90 bits per heavy atom. The Balaban J connectivity index is 2.14. The van der Waals surface area contributed by atoms with Gasteiger partial charge < -0.3 is 15.2 Å². The average Bonchev–Trinajstić information content (AvgIpc) is 2.72. The van der Waals surface area contributed by atoms with Crippen molar-refractivity contribution in [2.45, 2.75) is 39.0 Å². The smallest absolute Gasteiger partial charge is 0.225 e. The normalized spacial score (nSPS) is 17.1. The highest BCUT2D eigenvalue weighted by molar-refractivity contribution is 7.16. The molecule has 0 saturated carbocycles. The first-order chi connectivity index (χ1) is 9.51. The molecule has 0 fully saturated rings. The molecule has 20 heavy (non-hydrogen) atoms. The first-order valence-electron chi connectivity index (χ1n) is 6.55. The van der Waals surface area contributed by atoms with Crippen molar-refractivity contribution in [1.82, 2.24) is 0 Å². The van der Waals surface area contributed by atoms with Crippen LogP contribution in [0.3, 0.4) is 0 Å². The number of rotatable bonds is 4. The van der Waals surface area contributed by atoms with Crippen molar-refractivity contribution >= 4 is 28.2 Å². The Kier molecular flexibility index (Phi) is 4.40. The van der Waals surface area contributed by atoms with Gasteiger partial charge in [0.05, 0.1) is 5.56 Å². The number of hydrogen-bond acceptors (Lipinski definition) is 5. The van der Waals surface area contributed by atoms with E-state index in [0.29, 0.717) is 16.5 Å². The minimum absolute atomic E-state index is 0.133. The molecule has 0 spiro atoms. The van der Waals surface area contributed by atoms with Gasteiger partial charge in [0.2, 0.25) is 5.91 Å². The van der Waals surface area contributed by atoms with Crippen LogP contribution >= 0.6 is 11.3 Å². The summed E-state index contributed by atoms with van der Waals surface area (Å²) in [6.45, 7) is 2.17. The zero-order valence-electron chi connectivity index (χ0n) is 11.2. The number of anilines is 1. The Labute approximate surface area is 121 Å². The van der Waals surface area contributed by atoms with E-state index in [1.807, 2.05) is 0 Å². The molecule has 106 valence electrons. The van der Waals surface area contributed by atoms with E-state index in [9.17, 15) is 20.0 Å². The summed E-state index contributed by atoms with van der Waals surface area (Å²) in [6, 6.07) is 2.16. The largest absolute Gasteiger partial charge is 0.550 e. The van der Waals surface area contributed by atoms with Gasteiger partial charge in [0, 0.05) is 17.3 Å². The molecule has 0 saturated heterocycles. The van der Waals surface area contributed by atoms with E-state index in [-0.39, 0.29) is 12.8 Å². The number of carboxylic acid groups (broad SMARTS) is 1. The highest BCUT2D eigenvalue weighted by Gasteiger charge is 2.24. The van der Waals surface area contributed by atoms with Gasteiger partial charge in [-0.05, 0) is 37.2 Å². The fourth-order valence-electron chi connectivity index (χ4n) is 2.36. The molecule has 1 amide bonds. The molecular weight excluding hydrogens is 276 g/mol. The van der Waals surface area contributed by atoms with Crippen LogP contribution in [0.25, 0.3) is 0 Å². The van der Waals surface area contributed by atoms with Gasteiger partial charge >= 0.3 is 0 Å². The summed E-state index contributed by atoms with van der Waals surface area (Å²) in [5.41, 5.74) is 1.59. The third-order valence-electron chi connectivity index (χ3n) is 3.43. The van der Waals surface area contributed by atoms with Crippen LogP contribution in [0.15, 0.2) is 0 Å². The second-order valence-electron chi connectivity index (χ2n) is 5.09. The molecule has 1 aliphatic rings. The van der Waals surface area contributed by atoms with Crippen LogP contribution in [-0.4, -0.2) is 11.9 Å². The molecule has 0 radical (unpaired) electrons. The number of carbonyl (C=O) groups excluding carboxylic acids is 2. The number of fused-ring (bicyclic) bond motifs is 1. The maximum Gasteiger partial charge on any atom is 0.225 e. The first kappa shape index (κ1) is 14.5. The van der Waals surface area contributed by atoms with Gasteiger partial charge in [0.1, 0.15) is 11.1 Å². The lowest BCUT2D eigenvalue weighted by atomic mass is 9.88. The number of nitrogens with zero attached hydrogens (tertiary/aromatic N) is 1. The quantitative estimate of drug-likeness (QED) is 0.902. The fraction of sp³-hybridized carbons (Fsp3) is 0.500. The van der Waals surface area contributed by atoms with Gasteiger partial charge in [-0.1, -0.05) is 6.92 Å². The number of thiophene rings is 1. The van der Waals surface area contributed by atoms with Crippen molar-refractivity contribution in [2.24, 2.45) is 5.92 Å². The summed E-state index contributed by atoms with van der Waals surface area (Å²) in [6.07, 6.45) is 2.41. The number of hydrogen-bond donors (Lipinski definition) is 1. The van der Waals surface area contributed by atoms with Crippen LogP contribution < -0.4 is 10.4 Å². The molecular formula is C14H15N2O3S-. The second-order valence-corrected chi connectivity index (χ2v) is 6.19. The Morgan fingerprint density at radius 1 is 1.50 bits per heavy atom. The number of nitrogens with one attached hydrogen (secondary N) is 1. The first-order valence-corrected chi connectivity index (χ1v) is 7.37. The second kappa shape index (κ2) is 6.06. The Hall–Kier alpha value is -1.87. The summed E-state index contributed by atoms with van der Waals surface area (Å²) in [5, 5.41) is 22.8. The lowest BCUT2D eigenvalue weighted by Crippen LogP contribution is -2.24. The molecule has 0 aromatic carbocycles. The van der Waals surface area contributed by atoms with Gasteiger partial charge in [0.25, 0.3) is 0 Å². The summed E-state index contributed by atoms with van der Waals surface area (Å²) < 4.78 is 0. The van der Waals surface area contributed by atoms with E-state index in [1.165, 1.54) is 11.3 Å². The van der Waals surface area contributed by atoms with Gasteiger partial charge in [-0.15, -0.1) is 11.3 Å². The molecule has 5 nitrogen and oxygen atoms in total. The van der Waals surface area contributed by atoms with Crippen LogP contribution in [-0.2, 0) is 22.4 Å². The maximum absolute atomic E-state index is 11.7. The van der Waals surface area contributed by atoms with Crippen molar-refractivity contribution in [1.29, 1.82) is 5.26 Å². The standard InChI is InChI=1S/C14H16N2O3S/c1-8-2-3-9-10(7-15)14(20-11(9)6-8)16-12(17)4-5-13(18)19/h8H,2-6H2,1H3,(H,16,17)(H,18,19)/p-1/t8-/m0/s1. The van der Waals surface area contributed by atoms with Crippen molar-refractivity contribution in [2.75, 3.05) is 5.32 Å². The van der Waals surface area contributed by atoms with Gasteiger partial charge in [-0.25, -0.2) is 0 Å². The molecule has 1 atom stereocenters. The third-order valence-corrected chi connectivity index (χ3v) is 4.60. The van der Waals surface area contributed by atoms with E-state index in [0.717, 1.165) is 29.7 Å². The summed E-state index contributed by atoms with van der Waals surface area (Å²) >= 11 is 1.44. The van der Waals surface area contributed by atoms with Crippen LogP contribution in [0.1, 0.15) is 42.2 Å². The number of carbonyl (C=O) groups is 2. The van der Waals surface area contributed by atoms with E-state index in [2.05, 4.69) is 18.3 Å². The molecule has 1 N–H and O–H groups in total. The minimum Gasteiger partial charge on any atom is -0.550 e. The molecule has 0 aliphatic heterocycles. The van der Waals surface area contributed by atoms with Crippen LogP contribution in [0.2, 0.25) is 0 Å². The zero-order valence-corrected chi connectivity index (χ0v) is 12.0. The molecule has 1 heterocycles. The molecule has 1 aliphatic carbocycles. The fourth-order valence-corrected chi connectivity index (χ4v) is 3.74. The monoisotopic (exact) mass is 291 g/mol. The van der Waals surface area contributed by atoms with Crippen molar-refractivity contribution in [3.63, 3.8) is 0 Å². The van der Waals surface area contributed by atoms with Gasteiger partial charge in [0.15, 0.2) is 0 Å². The Morgan fingerprint density at radius 2 is 2.25 bits per heavy atom. The predicted molar refractivity (Wildman–Crippen MR) is 73.1 cm³/mol. The predicted octanol–water partition coefficient (Wildman–Crippen LogP) is 1.21. The number of aliphatic carboxylic acids is 1. The topological polar surface area (TPSA) is 93.0 Å². The van der Waals surface area contributed by atoms with Crippen LogP contribution in [0.4, 0.5) is 5.00 Å². The summed E-state index contributed by atoms with van der Waals surface area (Å²) in [5.74, 6) is -1.05. The molecule has 6 heteroatoms. The maximum atomic E-state index is 11.7. The zero-order chi connectivity index (χ0) is 14.7. The van der Waals surface area contributed by atoms with E-state index in [4.69, 9.17) is 0 Å². The Bertz CT molecular complexity index is 586. The number of carboxylic acids is 1. The van der Waals surface area contributed by atoms with Gasteiger partial charge in [-0.2, -0.15) is 5.26 Å². The highest BCUT2D eigenvalue weighted by Crippen LogP contribution is 2.39. The van der Waals surface area contributed by atoms with Crippen LogP contribution in [0, 0.1) is 17.2 Å². The minimum atomic E-state index is -1.25. The molecule has 0 unspecified atom stereocenters. The van der Waals surface area contributed by atoms with E-state index < -0.39 is 11.9 Å². The summed E-state index contributed by atoms with van der Waals surface area (Å²) in [7, 11) is 0. The SMILES string of the molecule is C[C@H]1CCc2c(sc(NC(=O)CCC(=O)[O-])c2C#N)C1. The van der Waals surface area contributed by atoms with E-state index in [1.54, 1.807) is 0 Å². The van der Waals surface area contributed by atoms with E-state index >= 15 is 0 Å².